The number of rotatable bonds is 5. The number of benzene rings is 2. The molecule has 2 rings (SSSR count). The highest BCUT2D eigenvalue weighted by Crippen LogP contribution is 2.44. The second kappa shape index (κ2) is 7.42. The van der Waals surface area contributed by atoms with Crippen molar-refractivity contribution in [3.8, 4) is 22.6 Å². The molecular weight excluding hydrogens is 470 g/mol. The standard InChI is InChI=1S/C14H10F6N2O6S2/c15-13(16,17)29(25,26)21-11-9(7-1-3-8(23)4-2-7)5-6-10(24)12(11)22-30(27,28)14(18,19)20/h1-6,21-24H. The van der Waals surface area contributed by atoms with Crippen LogP contribution >= 0.6 is 0 Å². The lowest BCUT2D eigenvalue weighted by Gasteiger charge is -2.20. The molecule has 166 valence electrons. The van der Waals surface area contributed by atoms with Crippen LogP contribution in [0.2, 0.25) is 0 Å². The van der Waals surface area contributed by atoms with E-state index in [-0.39, 0.29) is 11.3 Å². The zero-order valence-electron chi connectivity index (χ0n) is 14.1. The second-order valence-corrected chi connectivity index (χ2v) is 8.88. The Balaban J connectivity index is 2.81. The van der Waals surface area contributed by atoms with Crippen LogP contribution in [0.3, 0.4) is 0 Å². The first-order chi connectivity index (χ1) is 13.5. The van der Waals surface area contributed by atoms with Gasteiger partial charge in [0.1, 0.15) is 17.2 Å². The Morgan fingerprint density at radius 1 is 0.667 bits per heavy atom. The van der Waals surface area contributed by atoms with Gasteiger partial charge in [0, 0.05) is 5.56 Å². The van der Waals surface area contributed by atoms with Crippen molar-refractivity contribution >= 4 is 31.4 Å². The van der Waals surface area contributed by atoms with E-state index in [1.807, 2.05) is 0 Å². The average Bonchev–Trinajstić information content (AvgIpc) is 2.57. The molecule has 0 radical (unpaired) electrons. The molecule has 30 heavy (non-hydrogen) atoms. The second-order valence-electron chi connectivity index (χ2n) is 5.53. The summed E-state index contributed by atoms with van der Waals surface area (Å²) in [5.41, 5.74) is -15.4. The number of nitrogens with one attached hydrogen (secondary N) is 2. The lowest BCUT2D eigenvalue weighted by Crippen LogP contribution is -2.32. The molecular formula is C14H10F6N2O6S2. The van der Waals surface area contributed by atoms with Crippen molar-refractivity contribution in [1.82, 2.24) is 0 Å². The van der Waals surface area contributed by atoms with Crippen molar-refractivity contribution in [2.24, 2.45) is 0 Å². The van der Waals surface area contributed by atoms with Crippen LogP contribution in [0.1, 0.15) is 0 Å². The van der Waals surface area contributed by atoms with E-state index in [2.05, 4.69) is 0 Å². The molecule has 0 atom stereocenters. The molecule has 8 nitrogen and oxygen atoms in total. The topological polar surface area (TPSA) is 133 Å². The highest BCUT2D eigenvalue weighted by molar-refractivity contribution is 7.94. The molecule has 0 spiro atoms. The Morgan fingerprint density at radius 3 is 1.53 bits per heavy atom. The lowest BCUT2D eigenvalue weighted by molar-refractivity contribution is -0.0436. The summed E-state index contributed by atoms with van der Waals surface area (Å²) in [6.07, 6.45) is 0. The molecule has 0 bridgehead atoms. The summed E-state index contributed by atoms with van der Waals surface area (Å²) in [6.45, 7) is 0. The normalized spacial score (nSPS) is 13.1. The lowest BCUT2D eigenvalue weighted by atomic mass is 10.0. The number of alkyl halides is 6. The van der Waals surface area contributed by atoms with Crippen LogP contribution < -0.4 is 9.44 Å². The van der Waals surface area contributed by atoms with Crippen molar-refractivity contribution in [3.63, 3.8) is 0 Å². The van der Waals surface area contributed by atoms with Gasteiger partial charge in [-0.25, -0.2) is 0 Å². The maximum atomic E-state index is 12.8. The summed E-state index contributed by atoms with van der Waals surface area (Å²) in [6, 6.07) is 5.58. The molecule has 0 saturated carbocycles. The van der Waals surface area contributed by atoms with Crippen LogP contribution in [0.4, 0.5) is 37.7 Å². The van der Waals surface area contributed by atoms with Gasteiger partial charge in [-0.2, -0.15) is 43.2 Å². The van der Waals surface area contributed by atoms with Crippen molar-refractivity contribution in [2.75, 3.05) is 9.44 Å². The van der Waals surface area contributed by atoms with E-state index >= 15 is 0 Å². The molecule has 2 aromatic carbocycles. The van der Waals surface area contributed by atoms with Crippen molar-refractivity contribution in [2.45, 2.75) is 11.0 Å². The third-order valence-corrected chi connectivity index (χ3v) is 5.61. The van der Waals surface area contributed by atoms with Crippen LogP contribution in [0.5, 0.6) is 11.5 Å². The van der Waals surface area contributed by atoms with E-state index in [9.17, 15) is 53.4 Å². The molecule has 2 aromatic rings. The summed E-state index contributed by atoms with van der Waals surface area (Å²) in [5.74, 6) is -1.61. The van der Waals surface area contributed by atoms with E-state index in [0.29, 0.717) is 6.07 Å². The molecule has 4 N–H and O–H groups in total. The van der Waals surface area contributed by atoms with E-state index in [1.165, 1.54) is 0 Å². The third-order valence-electron chi connectivity index (χ3n) is 3.44. The van der Waals surface area contributed by atoms with Crippen molar-refractivity contribution in [3.05, 3.63) is 36.4 Å². The molecule has 0 aliphatic carbocycles. The van der Waals surface area contributed by atoms with E-state index in [4.69, 9.17) is 0 Å². The molecule has 0 heterocycles. The molecule has 0 amide bonds. The van der Waals surface area contributed by atoms with Gasteiger partial charge in [-0.3, -0.25) is 9.44 Å². The van der Waals surface area contributed by atoms with Gasteiger partial charge < -0.3 is 10.2 Å². The van der Waals surface area contributed by atoms with Crippen LogP contribution in [0, 0.1) is 0 Å². The summed E-state index contributed by atoms with van der Waals surface area (Å²) in [7, 11) is -12.5. The van der Waals surface area contributed by atoms with E-state index in [1.54, 1.807) is 0 Å². The fraction of sp³-hybridized carbons (Fsp3) is 0.143. The minimum Gasteiger partial charge on any atom is -0.508 e. The average molecular weight is 480 g/mol. The number of anilines is 2. The van der Waals surface area contributed by atoms with Gasteiger partial charge in [0.2, 0.25) is 0 Å². The quantitative estimate of drug-likeness (QED) is 0.384. The van der Waals surface area contributed by atoms with Gasteiger partial charge in [-0.05, 0) is 29.8 Å². The molecule has 0 saturated heterocycles. The van der Waals surface area contributed by atoms with Gasteiger partial charge in [0.25, 0.3) is 0 Å². The van der Waals surface area contributed by atoms with E-state index in [0.717, 1.165) is 39.8 Å². The molecule has 0 unspecified atom stereocenters. The minimum absolute atomic E-state index is 0.139. The van der Waals surface area contributed by atoms with Crippen molar-refractivity contribution < 1.29 is 53.4 Å². The number of aromatic hydroxyl groups is 2. The maximum Gasteiger partial charge on any atom is 0.516 e. The summed E-state index contributed by atoms with van der Waals surface area (Å²) in [4.78, 5) is 0. The van der Waals surface area contributed by atoms with Crippen LogP contribution in [0.25, 0.3) is 11.1 Å². The number of sulfonamides is 2. The minimum atomic E-state index is -6.26. The fourth-order valence-electron chi connectivity index (χ4n) is 2.07. The van der Waals surface area contributed by atoms with Gasteiger partial charge in [0.05, 0.1) is 5.69 Å². The third kappa shape index (κ3) is 4.64. The highest BCUT2D eigenvalue weighted by atomic mass is 32.2. The first-order valence-electron chi connectivity index (χ1n) is 7.30. The monoisotopic (exact) mass is 480 g/mol. The Labute approximate surface area is 164 Å². The van der Waals surface area contributed by atoms with Crippen LogP contribution in [0.15, 0.2) is 36.4 Å². The maximum absolute atomic E-state index is 12.8. The molecule has 0 aliphatic heterocycles. The van der Waals surface area contributed by atoms with Gasteiger partial charge in [-0.15, -0.1) is 0 Å². The van der Waals surface area contributed by atoms with Gasteiger partial charge in [0.15, 0.2) is 0 Å². The Morgan fingerprint density at radius 2 is 1.10 bits per heavy atom. The van der Waals surface area contributed by atoms with Gasteiger partial charge >= 0.3 is 31.1 Å². The smallest absolute Gasteiger partial charge is 0.508 e. The zero-order chi connectivity index (χ0) is 23.1. The molecule has 0 fully saturated rings. The van der Waals surface area contributed by atoms with Crippen LogP contribution in [-0.2, 0) is 20.0 Å². The number of phenolic OH excluding ortho intramolecular Hbond substituents is 2. The molecule has 16 heteroatoms. The predicted octanol–water partition coefficient (Wildman–Crippen LogP) is 3.29. The fourth-order valence-corrected chi connectivity index (χ4v) is 3.25. The Bertz CT molecular complexity index is 1160. The molecule has 0 aromatic heterocycles. The van der Waals surface area contributed by atoms with Gasteiger partial charge in [-0.1, -0.05) is 12.1 Å². The largest absolute Gasteiger partial charge is 0.516 e. The number of halogens is 6. The van der Waals surface area contributed by atoms with Crippen LogP contribution in [-0.4, -0.2) is 38.1 Å². The summed E-state index contributed by atoms with van der Waals surface area (Å²) in [5, 5.41) is 19.1. The number of hydrogen-bond acceptors (Lipinski definition) is 6. The summed E-state index contributed by atoms with van der Waals surface area (Å²) < 4.78 is 124. The number of phenols is 2. The first-order valence-corrected chi connectivity index (χ1v) is 10.3. The SMILES string of the molecule is O=S(=O)(Nc1c(O)ccc(-c2ccc(O)cc2)c1NS(=O)(=O)C(F)(F)F)C(F)(F)F. The highest BCUT2D eigenvalue weighted by Gasteiger charge is 2.49. The number of hydrogen-bond donors (Lipinski definition) is 4. The Hall–Kier alpha value is -2.88. The zero-order valence-corrected chi connectivity index (χ0v) is 15.7. The van der Waals surface area contributed by atoms with Crippen molar-refractivity contribution in [1.29, 1.82) is 0 Å². The molecule has 0 aliphatic rings. The predicted molar refractivity (Wildman–Crippen MR) is 92.4 cm³/mol. The Kier molecular flexibility index (Phi) is 5.79. The summed E-state index contributed by atoms with van der Waals surface area (Å²) >= 11 is 0. The van der Waals surface area contributed by atoms with E-state index < -0.39 is 53.8 Å². The first kappa shape index (κ1) is 23.4.